The molecule has 6 nitrogen and oxygen atoms in total. The van der Waals surface area contributed by atoms with E-state index < -0.39 is 0 Å². The summed E-state index contributed by atoms with van der Waals surface area (Å²) in [6.45, 7) is 2.33. The van der Waals surface area contributed by atoms with Crippen LogP contribution in [0.4, 0.5) is 16.6 Å². The van der Waals surface area contributed by atoms with Crippen LogP contribution in [0, 0.1) is 0 Å². The molecule has 0 bridgehead atoms. The first kappa shape index (κ1) is 13.8. The number of benzene rings is 1. The Hall–Kier alpha value is -2.12. The van der Waals surface area contributed by atoms with Crippen molar-refractivity contribution in [2.24, 2.45) is 0 Å². The molecule has 1 fully saturated rings. The summed E-state index contributed by atoms with van der Waals surface area (Å²) in [5, 5.41) is 3.78. The summed E-state index contributed by atoms with van der Waals surface area (Å²) in [4.78, 5) is 18.9. The number of hydrogen-bond donors (Lipinski definition) is 2. The Morgan fingerprint density at radius 3 is 2.71 bits per heavy atom. The van der Waals surface area contributed by atoms with E-state index in [9.17, 15) is 4.79 Å². The van der Waals surface area contributed by atoms with Crippen molar-refractivity contribution in [2.75, 3.05) is 37.4 Å². The third-order valence-electron chi connectivity index (χ3n) is 3.17. The summed E-state index contributed by atoms with van der Waals surface area (Å²) in [6, 6.07) is 9.66. The second-order valence-electron chi connectivity index (χ2n) is 4.63. The highest BCUT2D eigenvalue weighted by Crippen LogP contribution is 2.28. The number of nitrogen functional groups attached to an aromatic ring is 1. The van der Waals surface area contributed by atoms with Gasteiger partial charge in [0.05, 0.1) is 13.2 Å². The summed E-state index contributed by atoms with van der Waals surface area (Å²) in [6.07, 6.45) is 0. The molecule has 0 aliphatic carbocycles. The molecule has 0 radical (unpaired) electrons. The minimum absolute atomic E-state index is 0.0746. The van der Waals surface area contributed by atoms with Gasteiger partial charge in [0, 0.05) is 18.8 Å². The van der Waals surface area contributed by atoms with Gasteiger partial charge in [-0.3, -0.25) is 4.79 Å². The van der Waals surface area contributed by atoms with Crippen molar-refractivity contribution in [3.05, 3.63) is 35.2 Å². The third-order valence-corrected chi connectivity index (χ3v) is 4.15. The van der Waals surface area contributed by atoms with E-state index in [0.29, 0.717) is 36.3 Å². The maximum absolute atomic E-state index is 12.4. The number of nitrogens with one attached hydrogen (secondary N) is 1. The van der Waals surface area contributed by atoms with E-state index in [-0.39, 0.29) is 11.7 Å². The molecule has 1 aromatic carbocycles. The normalized spacial score (nSPS) is 15.0. The highest BCUT2D eigenvalue weighted by molar-refractivity contribution is 7.18. The van der Waals surface area contributed by atoms with E-state index in [4.69, 9.17) is 10.5 Å². The van der Waals surface area contributed by atoms with E-state index in [2.05, 4.69) is 10.3 Å². The first-order chi connectivity index (χ1) is 10.2. The Bertz CT molecular complexity index is 623. The number of amides is 1. The fourth-order valence-electron chi connectivity index (χ4n) is 2.09. The molecule has 2 heterocycles. The van der Waals surface area contributed by atoms with Crippen LogP contribution < -0.4 is 11.1 Å². The van der Waals surface area contributed by atoms with Crippen LogP contribution in [0.5, 0.6) is 0 Å². The maximum atomic E-state index is 12.4. The van der Waals surface area contributed by atoms with Gasteiger partial charge in [-0.15, -0.1) is 0 Å². The van der Waals surface area contributed by atoms with E-state index in [1.807, 2.05) is 30.3 Å². The average Bonchev–Trinajstić information content (AvgIpc) is 2.89. The first-order valence-electron chi connectivity index (χ1n) is 6.69. The predicted octanol–water partition coefficient (Wildman–Crippen LogP) is 1.94. The van der Waals surface area contributed by atoms with Gasteiger partial charge >= 0.3 is 0 Å². The smallest absolute Gasteiger partial charge is 0.268 e. The summed E-state index contributed by atoms with van der Waals surface area (Å²) in [5.41, 5.74) is 6.80. The molecule has 21 heavy (non-hydrogen) atoms. The van der Waals surface area contributed by atoms with Crippen molar-refractivity contribution in [1.82, 2.24) is 9.88 Å². The van der Waals surface area contributed by atoms with E-state index in [1.165, 1.54) is 11.3 Å². The van der Waals surface area contributed by atoms with Crippen molar-refractivity contribution in [1.29, 1.82) is 0 Å². The van der Waals surface area contributed by atoms with Crippen LogP contribution in [-0.4, -0.2) is 42.1 Å². The van der Waals surface area contributed by atoms with Gasteiger partial charge in [0.15, 0.2) is 5.13 Å². The number of carbonyl (C=O) groups excluding carboxylic acids is 1. The lowest BCUT2D eigenvalue weighted by molar-refractivity contribution is 0.0306. The topological polar surface area (TPSA) is 80.5 Å². The number of thiazole rings is 1. The van der Waals surface area contributed by atoms with Crippen LogP contribution in [0.15, 0.2) is 30.3 Å². The minimum atomic E-state index is -0.0746. The van der Waals surface area contributed by atoms with E-state index in [1.54, 1.807) is 4.90 Å². The Morgan fingerprint density at radius 1 is 1.29 bits per heavy atom. The van der Waals surface area contributed by atoms with Crippen molar-refractivity contribution in [3.8, 4) is 0 Å². The molecular formula is C14H16N4O2S. The molecule has 3 N–H and O–H groups in total. The van der Waals surface area contributed by atoms with Gasteiger partial charge in [-0.1, -0.05) is 29.5 Å². The van der Waals surface area contributed by atoms with Gasteiger partial charge in [0.25, 0.3) is 5.91 Å². The molecule has 1 saturated heterocycles. The molecular weight excluding hydrogens is 288 g/mol. The number of aromatic nitrogens is 1. The molecule has 1 amide bonds. The number of nitrogens with two attached hydrogens (primary N) is 1. The summed E-state index contributed by atoms with van der Waals surface area (Å²) in [7, 11) is 0. The monoisotopic (exact) mass is 304 g/mol. The molecule has 7 heteroatoms. The van der Waals surface area contributed by atoms with Gasteiger partial charge in [-0.2, -0.15) is 0 Å². The molecule has 3 rings (SSSR count). The zero-order valence-electron chi connectivity index (χ0n) is 11.4. The lowest BCUT2D eigenvalue weighted by Gasteiger charge is -2.26. The zero-order valence-corrected chi connectivity index (χ0v) is 12.2. The lowest BCUT2D eigenvalue weighted by Crippen LogP contribution is -2.40. The molecule has 0 unspecified atom stereocenters. The molecule has 1 aliphatic rings. The summed E-state index contributed by atoms with van der Waals surface area (Å²) in [5.74, 6) is 0.198. The quantitative estimate of drug-likeness (QED) is 0.906. The minimum Gasteiger partial charge on any atom is -0.382 e. The molecule has 1 aromatic heterocycles. The molecule has 2 aromatic rings. The van der Waals surface area contributed by atoms with Gasteiger partial charge in [-0.05, 0) is 12.1 Å². The van der Waals surface area contributed by atoms with Gasteiger partial charge in [0.2, 0.25) is 0 Å². The highest BCUT2D eigenvalue weighted by atomic mass is 32.1. The Labute approximate surface area is 126 Å². The lowest BCUT2D eigenvalue weighted by atomic mass is 10.3. The van der Waals surface area contributed by atoms with Crippen molar-refractivity contribution in [3.63, 3.8) is 0 Å². The standard InChI is InChI=1S/C14H16N4O2S/c15-12-11(13(19)18-6-8-20-9-7-18)21-14(17-12)16-10-4-2-1-3-5-10/h1-5H,6-9,15H2,(H,16,17). The second-order valence-corrected chi connectivity index (χ2v) is 5.63. The van der Waals surface area contributed by atoms with Gasteiger partial charge in [-0.25, -0.2) is 4.98 Å². The molecule has 0 atom stereocenters. The molecule has 1 aliphatic heterocycles. The highest BCUT2D eigenvalue weighted by Gasteiger charge is 2.23. The van der Waals surface area contributed by atoms with E-state index in [0.717, 1.165) is 5.69 Å². The Balaban J connectivity index is 1.76. The molecule has 110 valence electrons. The van der Waals surface area contributed by atoms with Crippen molar-refractivity contribution >= 4 is 33.9 Å². The predicted molar refractivity (Wildman–Crippen MR) is 83.0 cm³/mol. The summed E-state index contributed by atoms with van der Waals surface area (Å²) >= 11 is 1.28. The van der Waals surface area contributed by atoms with Crippen LogP contribution >= 0.6 is 11.3 Å². The summed E-state index contributed by atoms with van der Waals surface area (Å²) < 4.78 is 5.25. The number of nitrogens with zero attached hydrogens (tertiary/aromatic N) is 2. The SMILES string of the molecule is Nc1nc(Nc2ccccc2)sc1C(=O)N1CCOCC1. The fourth-order valence-corrected chi connectivity index (χ4v) is 2.97. The Morgan fingerprint density at radius 2 is 2.00 bits per heavy atom. The number of carbonyl (C=O) groups is 1. The average molecular weight is 304 g/mol. The van der Waals surface area contributed by atoms with Crippen LogP contribution in [0.3, 0.4) is 0 Å². The van der Waals surface area contributed by atoms with E-state index >= 15 is 0 Å². The molecule has 0 saturated carbocycles. The van der Waals surface area contributed by atoms with Crippen molar-refractivity contribution in [2.45, 2.75) is 0 Å². The largest absolute Gasteiger partial charge is 0.382 e. The van der Waals surface area contributed by atoms with Crippen LogP contribution in [-0.2, 0) is 4.74 Å². The Kier molecular flexibility index (Phi) is 4.03. The number of para-hydroxylation sites is 1. The number of ether oxygens (including phenoxy) is 1. The fraction of sp³-hybridized carbons (Fsp3) is 0.286. The van der Waals surface area contributed by atoms with Crippen LogP contribution in [0.2, 0.25) is 0 Å². The second kappa shape index (κ2) is 6.11. The van der Waals surface area contributed by atoms with Gasteiger partial charge < -0.3 is 20.7 Å². The van der Waals surface area contributed by atoms with Gasteiger partial charge in [0.1, 0.15) is 10.7 Å². The van der Waals surface area contributed by atoms with Crippen molar-refractivity contribution < 1.29 is 9.53 Å². The number of anilines is 3. The number of morpholine rings is 1. The number of hydrogen-bond acceptors (Lipinski definition) is 6. The number of rotatable bonds is 3. The molecule has 0 spiro atoms. The first-order valence-corrected chi connectivity index (χ1v) is 7.51. The van der Waals surface area contributed by atoms with Crippen LogP contribution in [0.25, 0.3) is 0 Å². The zero-order chi connectivity index (χ0) is 14.7. The van der Waals surface area contributed by atoms with Crippen LogP contribution in [0.1, 0.15) is 9.67 Å². The third kappa shape index (κ3) is 3.14. The maximum Gasteiger partial charge on any atom is 0.268 e.